The molecule has 0 amide bonds. The summed E-state index contributed by atoms with van der Waals surface area (Å²) < 4.78 is 8.00. The highest BCUT2D eigenvalue weighted by molar-refractivity contribution is 9.13. The maximum absolute atomic E-state index is 10.3. The molecule has 0 radical (unpaired) electrons. The van der Waals surface area contributed by atoms with E-state index < -0.39 is 6.10 Å². The Hall–Kier alpha value is -0.360. The van der Waals surface area contributed by atoms with E-state index in [4.69, 9.17) is 4.74 Å². The molecule has 1 unspecified atom stereocenters. The fraction of sp³-hybridized carbons (Fsp3) is 0.200. The lowest BCUT2D eigenvalue weighted by Gasteiger charge is -2.13. The van der Waals surface area contributed by atoms with Gasteiger partial charge in [0.25, 0.3) is 0 Å². The first-order valence-electron chi connectivity index (χ1n) is 5.96. The van der Waals surface area contributed by atoms with Crippen molar-refractivity contribution in [2.24, 2.45) is 0 Å². The first-order valence-corrected chi connectivity index (χ1v) is 8.34. The van der Waals surface area contributed by atoms with Crippen LogP contribution >= 0.6 is 47.8 Å². The SMILES string of the molecule is COc1ccc(CC(O)c2ccc(Br)c(Br)c2)cc1Br. The zero-order chi connectivity index (χ0) is 14.7. The average Bonchev–Trinajstić information content (AvgIpc) is 2.42. The second-order valence-electron chi connectivity index (χ2n) is 4.36. The predicted octanol–water partition coefficient (Wildman–Crippen LogP) is 5.26. The van der Waals surface area contributed by atoms with Gasteiger partial charge in [-0.2, -0.15) is 0 Å². The molecule has 1 N–H and O–H groups in total. The normalized spacial score (nSPS) is 12.2. The van der Waals surface area contributed by atoms with Crippen LogP contribution in [0.4, 0.5) is 0 Å². The Labute approximate surface area is 143 Å². The van der Waals surface area contributed by atoms with Gasteiger partial charge in [0.1, 0.15) is 5.75 Å². The highest BCUT2D eigenvalue weighted by Crippen LogP contribution is 2.30. The Morgan fingerprint density at radius 1 is 1.00 bits per heavy atom. The lowest BCUT2D eigenvalue weighted by atomic mass is 10.0. The van der Waals surface area contributed by atoms with Crippen molar-refractivity contribution >= 4 is 47.8 Å². The number of aliphatic hydroxyl groups is 1. The van der Waals surface area contributed by atoms with Crippen LogP contribution in [-0.2, 0) is 6.42 Å². The maximum atomic E-state index is 10.3. The molecule has 0 aliphatic carbocycles. The fourth-order valence-electron chi connectivity index (χ4n) is 1.90. The standard InChI is InChI=1S/C15H13Br3O2/c1-20-15-5-2-9(6-13(15)18)7-14(19)10-3-4-11(16)12(17)8-10/h2-6,8,14,19H,7H2,1H3. The molecule has 2 aromatic rings. The van der Waals surface area contributed by atoms with E-state index >= 15 is 0 Å². The number of aliphatic hydroxyl groups excluding tert-OH is 1. The Balaban J connectivity index is 2.16. The number of hydrogen-bond acceptors (Lipinski definition) is 2. The Morgan fingerprint density at radius 3 is 2.35 bits per heavy atom. The van der Waals surface area contributed by atoms with Gasteiger partial charge in [-0.25, -0.2) is 0 Å². The number of halogens is 3. The van der Waals surface area contributed by atoms with Crippen molar-refractivity contribution in [1.29, 1.82) is 0 Å². The van der Waals surface area contributed by atoms with Gasteiger partial charge >= 0.3 is 0 Å². The van der Waals surface area contributed by atoms with E-state index in [1.54, 1.807) is 7.11 Å². The highest BCUT2D eigenvalue weighted by Gasteiger charge is 2.11. The minimum atomic E-state index is -0.542. The Kier molecular flexibility index (Phi) is 5.66. The van der Waals surface area contributed by atoms with Gasteiger partial charge in [0.05, 0.1) is 17.7 Å². The smallest absolute Gasteiger partial charge is 0.133 e. The van der Waals surface area contributed by atoms with Crippen LogP contribution in [0.15, 0.2) is 49.8 Å². The number of methoxy groups -OCH3 is 1. The van der Waals surface area contributed by atoms with Crippen LogP contribution in [0.3, 0.4) is 0 Å². The van der Waals surface area contributed by atoms with Crippen molar-refractivity contribution < 1.29 is 9.84 Å². The van der Waals surface area contributed by atoms with Gasteiger partial charge in [0.2, 0.25) is 0 Å². The van der Waals surface area contributed by atoms with E-state index in [2.05, 4.69) is 47.8 Å². The van der Waals surface area contributed by atoms with Crippen LogP contribution < -0.4 is 4.74 Å². The summed E-state index contributed by atoms with van der Waals surface area (Å²) >= 11 is 10.3. The van der Waals surface area contributed by atoms with Crippen molar-refractivity contribution in [2.45, 2.75) is 12.5 Å². The molecule has 0 fully saturated rings. The van der Waals surface area contributed by atoms with E-state index in [1.165, 1.54) is 0 Å². The van der Waals surface area contributed by atoms with Gasteiger partial charge in [-0.15, -0.1) is 0 Å². The van der Waals surface area contributed by atoms with Crippen LogP contribution in [0.5, 0.6) is 5.75 Å². The van der Waals surface area contributed by atoms with E-state index in [0.29, 0.717) is 6.42 Å². The van der Waals surface area contributed by atoms with Gasteiger partial charge in [-0.3, -0.25) is 0 Å². The Bertz CT molecular complexity index is 614. The van der Waals surface area contributed by atoms with Crippen molar-refractivity contribution in [1.82, 2.24) is 0 Å². The predicted molar refractivity (Wildman–Crippen MR) is 91.2 cm³/mol. The van der Waals surface area contributed by atoms with E-state index in [0.717, 1.165) is 30.3 Å². The van der Waals surface area contributed by atoms with E-state index in [1.807, 2.05) is 36.4 Å². The molecule has 1 atom stereocenters. The molecule has 0 aliphatic rings. The van der Waals surface area contributed by atoms with Gasteiger partial charge in [0.15, 0.2) is 0 Å². The topological polar surface area (TPSA) is 29.5 Å². The third-order valence-corrected chi connectivity index (χ3v) is 5.47. The molecular formula is C15H13Br3O2. The van der Waals surface area contributed by atoms with Gasteiger partial charge in [0, 0.05) is 15.4 Å². The van der Waals surface area contributed by atoms with Crippen LogP contribution in [0, 0.1) is 0 Å². The summed E-state index contributed by atoms with van der Waals surface area (Å²) in [7, 11) is 1.63. The Morgan fingerprint density at radius 2 is 1.75 bits per heavy atom. The molecule has 0 saturated heterocycles. The second kappa shape index (κ2) is 7.07. The molecule has 20 heavy (non-hydrogen) atoms. The van der Waals surface area contributed by atoms with Gasteiger partial charge in [-0.1, -0.05) is 12.1 Å². The first kappa shape index (κ1) is 16.0. The molecule has 0 spiro atoms. The molecule has 2 rings (SSSR count). The van der Waals surface area contributed by atoms with Crippen LogP contribution in [0.25, 0.3) is 0 Å². The zero-order valence-corrected chi connectivity index (χ0v) is 15.5. The zero-order valence-electron chi connectivity index (χ0n) is 10.7. The van der Waals surface area contributed by atoms with Crippen LogP contribution in [0.1, 0.15) is 17.2 Å². The quantitative estimate of drug-likeness (QED) is 0.669. The highest BCUT2D eigenvalue weighted by atomic mass is 79.9. The number of rotatable bonds is 4. The molecule has 2 aromatic carbocycles. The monoisotopic (exact) mass is 462 g/mol. The molecule has 0 aliphatic heterocycles. The summed E-state index contributed by atoms with van der Waals surface area (Å²) in [6.07, 6.45) is 0.0103. The lowest BCUT2D eigenvalue weighted by molar-refractivity contribution is 0.178. The van der Waals surface area contributed by atoms with Gasteiger partial charge in [-0.05, 0) is 83.2 Å². The number of benzene rings is 2. The second-order valence-corrected chi connectivity index (χ2v) is 6.93. The summed E-state index contributed by atoms with van der Waals surface area (Å²) in [5.74, 6) is 0.787. The lowest BCUT2D eigenvalue weighted by Crippen LogP contribution is -2.02. The minimum absolute atomic E-state index is 0.542. The third kappa shape index (κ3) is 3.85. The third-order valence-electron chi connectivity index (χ3n) is 2.97. The van der Waals surface area contributed by atoms with E-state index in [9.17, 15) is 5.11 Å². The molecule has 0 saturated carbocycles. The van der Waals surface area contributed by atoms with Crippen molar-refractivity contribution in [3.8, 4) is 5.75 Å². The minimum Gasteiger partial charge on any atom is -0.496 e. The molecule has 5 heteroatoms. The van der Waals surface area contributed by atoms with Gasteiger partial charge < -0.3 is 9.84 Å². The molecule has 0 heterocycles. The number of ether oxygens (including phenoxy) is 1. The summed E-state index contributed by atoms with van der Waals surface area (Å²) in [6.45, 7) is 0. The maximum Gasteiger partial charge on any atom is 0.133 e. The summed E-state index contributed by atoms with van der Waals surface area (Å²) in [4.78, 5) is 0. The van der Waals surface area contributed by atoms with E-state index in [-0.39, 0.29) is 0 Å². The first-order chi connectivity index (χ1) is 9.51. The van der Waals surface area contributed by atoms with Crippen molar-refractivity contribution in [3.63, 3.8) is 0 Å². The molecule has 0 bridgehead atoms. The largest absolute Gasteiger partial charge is 0.496 e. The molecule has 2 nitrogen and oxygen atoms in total. The summed E-state index contributed by atoms with van der Waals surface area (Å²) in [6, 6.07) is 11.6. The van der Waals surface area contributed by atoms with Crippen LogP contribution in [0.2, 0.25) is 0 Å². The van der Waals surface area contributed by atoms with Crippen molar-refractivity contribution in [3.05, 3.63) is 60.9 Å². The molecular weight excluding hydrogens is 452 g/mol. The average molecular weight is 465 g/mol. The fourth-order valence-corrected chi connectivity index (χ4v) is 3.13. The summed E-state index contributed by atoms with van der Waals surface area (Å²) in [5.41, 5.74) is 1.93. The molecule has 0 aromatic heterocycles. The molecule has 106 valence electrons. The summed E-state index contributed by atoms with van der Waals surface area (Å²) in [5, 5.41) is 10.3. The number of hydrogen-bond donors (Lipinski definition) is 1. The van der Waals surface area contributed by atoms with Crippen molar-refractivity contribution in [2.75, 3.05) is 7.11 Å². The van der Waals surface area contributed by atoms with Crippen LogP contribution in [-0.4, -0.2) is 12.2 Å².